The largest absolute Gasteiger partial charge is 0.484 e. The first-order valence-electron chi connectivity index (χ1n) is 7.31. The van der Waals surface area contributed by atoms with Crippen LogP contribution >= 0.6 is 0 Å². The summed E-state index contributed by atoms with van der Waals surface area (Å²) in [5.74, 6) is 0.0621. The summed E-state index contributed by atoms with van der Waals surface area (Å²) in [5, 5.41) is 15.7. The molecule has 7 nitrogen and oxygen atoms in total. The Balaban J connectivity index is 1.83. The second kappa shape index (κ2) is 8.19. The van der Waals surface area contributed by atoms with E-state index in [1.165, 1.54) is 48.5 Å². The summed E-state index contributed by atoms with van der Waals surface area (Å²) in [5.41, 5.74) is 0.739. The Morgan fingerprint density at radius 2 is 1.85 bits per heavy atom. The number of nitrogens with zero attached hydrogens (tertiary/aromatic N) is 1. The van der Waals surface area contributed by atoms with E-state index in [0.717, 1.165) is 0 Å². The first-order chi connectivity index (χ1) is 12.2. The van der Waals surface area contributed by atoms with E-state index in [2.05, 4.69) is 15.4 Å². The van der Waals surface area contributed by atoms with E-state index in [4.69, 9.17) is 0 Å². The highest BCUT2D eigenvalue weighted by Gasteiger charge is 2.28. The molecule has 10 heteroatoms. The van der Waals surface area contributed by atoms with E-state index in [1.807, 2.05) is 0 Å². The first kappa shape index (κ1) is 19.0. The topological polar surface area (TPSA) is 93.5 Å². The Morgan fingerprint density at radius 3 is 2.46 bits per heavy atom. The molecule has 2 N–H and O–H groups in total. The first-order valence-corrected chi connectivity index (χ1v) is 7.31. The number of nitro groups is 1. The second-order valence-corrected chi connectivity index (χ2v) is 5.16. The molecule has 2 aromatic carbocycles. The Morgan fingerprint density at radius 1 is 1.15 bits per heavy atom. The lowest BCUT2D eigenvalue weighted by atomic mass is 10.2. The van der Waals surface area contributed by atoms with Gasteiger partial charge in [0, 0.05) is 24.4 Å². The molecule has 0 radical (unpaired) electrons. The average molecular weight is 369 g/mol. The number of hydrogen-bond acceptors (Lipinski definition) is 4. The van der Waals surface area contributed by atoms with Crippen LogP contribution in [0.15, 0.2) is 48.5 Å². The van der Waals surface area contributed by atoms with Crippen LogP contribution in [0.3, 0.4) is 0 Å². The normalized spacial score (nSPS) is 10.9. The molecule has 2 rings (SSSR count). The number of non-ortho nitro benzene ring substituents is 1. The summed E-state index contributed by atoms with van der Waals surface area (Å²) in [6, 6.07) is 10.6. The number of urea groups is 1. The summed E-state index contributed by atoms with van der Waals surface area (Å²) in [6.45, 7) is -1.27. The lowest BCUT2D eigenvalue weighted by Crippen LogP contribution is -2.28. The number of carbonyl (C=O) groups excluding carboxylic acids is 1. The van der Waals surface area contributed by atoms with Gasteiger partial charge in [-0.1, -0.05) is 18.2 Å². The summed E-state index contributed by atoms with van der Waals surface area (Å²) in [7, 11) is 0. The highest BCUT2D eigenvalue weighted by atomic mass is 19.4. The van der Waals surface area contributed by atoms with Crippen molar-refractivity contribution in [2.45, 2.75) is 12.7 Å². The summed E-state index contributed by atoms with van der Waals surface area (Å²) in [4.78, 5) is 21.9. The highest BCUT2D eigenvalue weighted by molar-refractivity contribution is 5.89. The number of halogens is 3. The monoisotopic (exact) mass is 369 g/mol. The van der Waals surface area contributed by atoms with Crippen molar-refractivity contribution < 1.29 is 27.6 Å². The maximum Gasteiger partial charge on any atom is 0.422 e. The number of ether oxygens (including phenoxy) is 1. The van der Waals surface area contributed by atoms with Crippen LogP contribution in [0.1, 0.15) is 5.56 Å². The molecular weight excluding hydrogens is 355 g/mol. The molecule has 0 spiro atoms. The van der Waals surface area contributed by atoms with Crippen LogP contribution in [0, 0.1) is 10.1 Å². The average Bonchev–Trinajstić information content (AvgIpc) is 2.58. The minimum atomic E-state index is -4.41. The van der Waals surface area contributed by atoms with Crippen molar-refractivity contribution in [2.75, 3.05) is 11.9 Å². The Bertz CT molecular complexity index is 779. The fourth-order valence-electron chi connectivity index (χ4n) is 1.92. The van der Waals surface area contributed by atoms with Crippen LogP contribution in [0.4, 0.5) is 29.3 Å². The molecule has 0 fully saturated rings. The van der Waals surface area contributed by atoms with Crippen LogP contribution in [-0.2, 0) is 6.54 Å². The maximum absolute atomic E-state index is 12.1. The fraction of sp³-hybridized carbons (Fsp3) is 0.188. The van der Waals surface area contributed by atoms with Gasteiger partial charge in [0.1, 0.15) is 5.75 Å². The second-order valence-electron chi connectivity index (χ2n) is 5.16. The van der Waals surface area contributed by atoms with Crippen molar-refractivity contribution in [3.63, 3.8) is 0 Å². The van der Waals surface area contributed by atoms with Gasteiger partial charge in [-0.2, -0.15) is 13.2 Å². The van der Waals surface area contributed by atoms with E-state index in [9.17, 15) is 28.1 Å². The molecule has 2 aromatic rings. The van der Waals surface area contributed by atoms with Crippen LogP contribution in [0.2, 0.25) is 0 Å². The number of nitrogens with one attached hydrogen (secondary N) is 2. The fourth-order valence-corrected chi connectivity index (χ4v) is 1.92. The third kappa shape index (κ3) is 6.30. The van der Waals surface area contributed by atoms with Crippen molar-refractivity contribution in [3.8, 4) is 5.75 Å². The molecule has 2 amide bonds. The van der Waals surface area contributed by atoms with Gasteiger partial charge in [-0.25, -0.2) is 4.79 Å². The smallest absolute Gasteiger partial charge is 0.422 e. The zero-order valence-electron chi connectivity index (χ0n) is 13.2. The number of alkyl halides is 3. The van der Waals surface area contributed by atoms with Gasteiger partial charge >= 0.3 is 12.2 Å². The van der Waals surface area contributed by atoms with Crippen LogP contribution < -0.4 is 15.4 Å². The Labute approximate surface area is 145 Å². The lowest BCUT2D eigenvalue weighted by molar-refractivity contribution is -0.384. The van der Waals surface area contributed by atoms with E-state index < -0.39 is 23.7 Å². The Kier molecular flexibility index (Phi) is 5.99. The van der Waals surface area contributed by atoms with Crippen molar-refractivity contribution in [1.29, 1.82) is 0 Å². The van der Waals surface area contributed by atoms with Crippen molar-refractivity contribution in [1.82, 2.24) is 5.32 Å². The molecule has 0 aliphatic carbocycles. The van der Waals surface area contributed by atoms with E-state index >= 15 is 0 Å². The number of carbonyl (C=O) groups is 1. The number of amides is 2. The predicted octanol–water partition coefficient (Wildman–Crippen LogP) is 3.86. The van der Waals surface area contributed by atoms with Crippen molar-refractivity contribution in [2.24, 2.45) is 0 Å². The third-order valence-corrected chi connectivity index (χ3v) is 3.09. The van der Waals surface area contributed by atoms with E-state index in [1.54, 1.807) is 0 Å². The van der Waals surface area contributed by atoms with E-state index in [-0.39, 0.29) is 23.7 Å². The number of hydrogen-bond donors (Lipinski definition) is 2. The molecule has 0 unspecified atom stereocenters. The van der Waals surface area contributed by atoms with Gasteiger partial charge < -0.3 is 15.4 Å². The molecule has 0 aliphatic heterocycles. The van der Waals surface area contributed by atoms with Crippen LogP contribution in [-0.4, -0.2) is 23.7 Å². The van der Waals surface area contributed by atoms with Gasteiger partial charge in [-0.05, 0) is 23.8 Å². The van der Waals surface area contributed by atoms with Gasteiger partial charge in [0.25, 0.3) is 5.69 Å². The van der Waals surface area contributed by atoms with Gasteiger partial charge in [0.05, 0.1) is 4.92 Å². The number of rotatable bonds is 6. The number of nitro benzene ring substituents is 1. The quantitative estimate of drug-likeness (QED) is 0.597. The molecule has 0 bridgehead atoms. The zero-order chi connectivity index (χ0) is 19.2. The molecule has 0 aliphatic rings. The summed E-state index contributed by atoms with van der Waals surface area (Å²) in [6.07, 6.45) is -4.41. The molecule has 26 heavy (non-hydrogen) atoms. The zero-order valence-corrected chi connectivity index (χ0v) is 13.2. The molecule has 0 aromatic heterocycles. The SMILES string of the molecule is O=C(NCc1ccc(OCC(F)(F)F)cc1)Nc1cccc([N+](=O)[O-])c1. The molecule has 0 heterocycles. The van der Waals surface area contributed by atoms with Crippen LogP contribution in [0.5, 0.6) is 5.75 Å². The molecule has 0 atom stereocenters. The molecular formula is C16H14F3N3O4. The number of anilines is 1. The van der Waals surface area contributed by atoms with Crippen LogP contribution in [0.25, 0.3) is 0 Å². The van der Waals surface area contributed by atoms with Gasteiger partial charge in [0.2, 0.25) is 0 Å². The standard InChI is InChI=1S/C16H14F3N3O4/c17-16(18,19)10-26-14-6-4-11(5-7-14)9-20-15(23)21-12-2-1-3-13(8-12)22(24)25/h1-8H,9-10H2,(H2,20,21,23). The van der Waals surface area contributed by atoms with Gasteiger partial charge in [-0.15, -0.1) is 0 Å². The number of benzene rings is 2. The predicted molar refractivity (Wildman–Crippen MR) is 86.9 cm³/mol. The maximum atomic E-state index is 12.1. The molecule has 0 saturated carbocycles. The van der Waals surface area contributed by atoms with Gasteiger partial charge in [-0.3, -0.25) is 10.1 Å². The summed E-state index contributed by atoms with van der Waals surface area (Å²) < 4.78 is 40.8. The summed E-state index contributed by atoms with van der Waals surface area (Å²) >= 11 is 0. The van der Waals surface area contributed by atoms with Crippen molar-refractivity contribution >= 4 is 17.4 Å². The Hall–Kier alpha value is -3.30. The van der Waals surface area contributed by atoms with Gasteiger partial charge in [0.15, 0.2) is 6.61 Å². The minimum Gasteiger partial charge on any atom is -0.484 e. The highest BCUT2D eigenvalue weighted by Crippen LogP contribution is 2.19. The molecule has 138 valence electrons. The van der Waals surface area contributed by atoms with E-state index in [0.29, 0.717) is 5.56 Å². The molecule has 0 saturated heterocycles. The third-order valence-electron chi connectivity index (χ3n) is 3.09. The lowest BCUT2D eigenvalue weighted by Gasteiger charge is -2.10. The minimum absolute atomic E-state index is 0.0621. The van der Waals surface area contributed by atoms with Crippen molar-refractivity contribution in [3.05, 3.63) is 64.2 Å².